The summed E-state index contributed by atoms with van der Waals surface area (Å²) in [4.78, 5) is 32.9. The van der Waals surface area contributed by atoms with Crippen LogP contribution in [-0.4, -0.2) is 66.0 Å². The molecule has 0 radical (unpaired) electrons. The van der Waals surface area contributed by atoms with Gasteiger partial charge in [-0.25, -0.2) is 0 Å². The SMILES string of the molecule is Cc1cc(C(=O)N2CCC3(CCN(C(=O)C4(C(C)C)COC4)C3)C2)c[nH]1. The second kappa shape index (κ2) is 6.12. The zero-order valence-corrected chi connectivity index (χ0v) is 16.0. The molecule has 3 saturated heterocycles. The number of aromatic nitrogens is 1. The molecule has 6 nitrogen and oxygen atoms in total. The van der Waals surface area contributed by atoms with E-state index in [0.717, 1.165) is 50.3 Å². The van der Waals surface area contributed by atoms with Crippen LogP contribution < -0.4 is 0 Å². The van der Waals surface area contributed by atoms with Crippen LogP contribution in [0.4, 0.5) is 0 Å². The molecule has 0 saturated carbocycles. The highest BCUT2D eigenvalue weighted by Gasteiger charge is 2.54. The van der Waals surface area contributed by atoms with E-state index >= 15 is 0 Å². The summed E-state index contributed by atoms with van der Waals surface area (Å²) in [5.41, 5.74) is 1.47. The Balaban J connectivity index is 1.42. The molecule has 26 heavy (non-hydrogen) atoms. The number of carbonyl (C=O) groups is 2. The molecule has 1 N–H and O–H groups in total. The van der Waals surface area contributed by atoms with Crippen molar-refractivity contribution in [1.82, 2.24) is 14.8 Å². The second-order valence-corrected chi connectivity index (χ2v) is 8.83. The predicted molar refractivity (Wildman–Crippen MR) is 97.8 cm³/mol. The zero-order valence-electron chi connectivity index (χ0n) is 16.0. The van der Waals surface area contributed by atoms with Gasteiger partial charge in [-0.3, -0.25) is 9.59 Å². The number of nitrogens with one attached hydrogen (secondary N) is 1. The molecule has 142 valence electrons. The average molecular weight is 359 g/mol. The highest BCUT2D eigenvalue weighted by atomic mass is 16.5. The monoisotopic (exact) mass is 359 g/mol. The van der Waals surface area contributed by atoms with E-state index in [9.17, 15) is 9.59 Å². The highest BCUT2D eigenvalue weighted by Crippen LogP contribution is 2.44. The fraction of sp³-hybridized carbons (Fsp3) is 0.700. The van der Waals surface area contributed by atoms with Gasteiger partial charge >= 0.3 is 0 Å². The van der Waals surface area contributed by atoms with Crippen LogP contribution in [0.5, 0.6) is 0 Å². The highest BCUT2D eigenvalue weighted by molar-refractivity contribution is 5.94. The number of hydrogen-bond donors (Lipinski definition) is 1. The first kappa shape index (κ1) is 17.6. The van der Waals surface area contributed by atoms with E-state index in [0.29, 0.717) is 19.1 Å². The maximum absolute atomic E-state index is 13.1. The van der Waals surface area contributed by atoms with Crippen LogP contribution in [0, 0.1) is 23.7 Å². The molecule has 2 amide bonds. The van der Waals surface area contributed by atoms with Gasteiger partial charge in [-0.05, 0) is 31.7 Å². The molecule has 0 aromatic carbocycles. The molecule has 4 heterocycles. The number of aryl methyl sites for hydroxylation is 1. The van der Waals surface area contributed by atoms with Crippen molar-refractivity contribution in [2.45, 2.75) is 33.6 Å². The van der Waals surface area contributed by atoms with Gasteiger partial charge < -0.3 is 19.5 Å². The molecule has 1 aromatic rings. The molecule has 1 unspecified atom stereocenters. The fourth-order valence-corrected chi connectivity index (χ4v) is 4.70. The second-order valence-electron chi connectivity index (χ2n) is 8.83. The molecule has 4 rings (SSSR count). The Labute approximate surface area is 154 Å². The van der Waals surface area contributed by atoms with Crippen molar-refractivity contribution in [3.8, 4) is 0 Å². The van der Waals surface area contributed by atoms with Gasteiger partial charge in [-0.15, -0.1) is 0 Å². The third-order valence-electron chi connectivity index (χ3n) is 6.78. The Morgan fingerprint density at radius 1 is 1.15 bits per heavy atom. The third-order valence-corrected chi connectivity index (χ3v) is 6.78. The third kappa shape index (κ3) is 2.66. The minimum Gasteiger partial charge on any atom is -0.379 e. The number of rotatable bonds is 3. The van der Waals surface area contributed by atoms with E-state index in [-0.39, 0.29) is 22.6 Å². The first-order chi connectivity index (χ1) is 12.4. The van der Waals surface area contributed by atoms with Gasteiger partial charge in [-0.2, -0.15) is 0 Å². The van der Waals surface area contributed by atoms with Gasteiger partial charge in [0.25, 0.3) is 5.91 Å². The van der Waals surface area contributed by atoms with E-state index in [1.807, 2.05) is 22.8 Å². The molecule has 0 aliphatic carbocycles. The minimum absolute atomic E-state index is 0.0689. The van der Waals surface area contributed by atoms with Gasteiger partial charge in [0, 0.05) is 43.5 Å². The van der Waals surface area contributed by atoms with Gasteiger partial charge in [0.15, 0.2) is 0 Å². The van der Waals surface area contributed by atoms with Gasteiger partial charge in [0.1, 0.15) is 0 Å². The van der Waals surface area contributed by atoms with E-state index in [2.05, 4.69) is 18.8 Å². The van der Waals surface area contributed by atoms with Crippen LogP contribution in [0.2, 0.25) is 0 Å². The van der Waals surface area contributed by atoms with Crippen molar-refractivity contribution in [2.24, 2.45) is 16.7 Å². The van der Waals surface area contributed by atoms with Gasteiger partial charge in [0.05, 0.1) is 24.2 Å². The van der Waals surface area contributed by atoms with E-state index < -0.39 is 0 Å². The van der Waals surface area contributed by atoms with Crippen molar-refractivity contribution in [1.29, 1.82) is 0 Å². The summed E-state index contributed by atoms with van der Waals surface area (Å²) in [6.07, 6.45) is 3.76. The van der Waals surface area contributed by atoms with Crippen LogP contribution >= 0.6 is 0 Å². The summed E-state index contributed by atoms with van der Waals surface area (Å²) >= 11 is 0. The number of hydrogen-bond acceptors (Lipinski definition) is 3. The van der Waals surface area contributed by atoms with E-state index in [4.69, 9.17) is 4.74 Å². The molecule has 1 atom stereocenters. The van der Waals surface area contributed by atoms with Crippen LogP contribution in [0.1, 0.15) is 42.7 Å². The summed E-state index contributed by atoms with van der Waals surface area (Å²) in [5.74, 6) is 0.641. The number of nitrogens with zero attached hydrogens (tertiary/aromatic N) is 2. The van der Waals surface area contributed by atoms with E-state index in [1.165, 1.54) is 0 Å². The summed E-state index contributed by atoms with van der Waals surface area (Å²) in [6, 6.07) is 1.90. The smallest absolute Gasteiger partial charge is 0.255 e. The normalized spacial score (nSPS) is 27.4. The van der Waals surface area contributed by atoms with Crippen LogP contribution in [0.25, 0.3) is 0 Å². The molecule has 3 fully saturated rings. The predicted octanol–water partition coefficient (Wildman–Crippen LogP) is 2.06. The lowest BCUT2D eigenvalue weighted by atomic mass is 9.74. The maximum Gasteiger partial charge on any atom is 0.255 e. The standard InChI is InChI=1S/C20H29N3O3/c1-14(2)20(12-26-13-20)18(25)23-7-5-19(11-23)4-6-22(10-19)17(24)16-8-15(3)21-9-16/h8-9,14,21H,4-7,10-13H2,1-3H3. The molecule has 3 aliphatic heterocycles. The number of likely N-dealkylation sites (tertiary alicyclic amines) is 2. The van der Waals surface area contributed by atoms with Crippen molar-refractivity contribution < 1.29 is 14.3 Å². The molecular formula is C20H29N3O3. The Hall–Kier alpha value is -1.82. The maximum atomic E-state index is 13.1. The quantitative estimate of drug-likeness (QED) is 0.898. The van der Waals surface area contributed by atoms with Crippen molar-refractivity contribution in [2.75, 3.05) is 39.4 Å². The largest absolute Gasteiger partial charge is 0.379 e. The van der Waals surface area contributed by atoms with E-state index in [1.54, 1.807) is 6.20 Å². The van der Waals surface area contributed by atoms with Crippen molar-refractivity contribution >= 4 is 11.8 Å². The summed E-state index contributed by atoms with van der Waals surface area (Å²) in [6.45, 7) is 10.4. The molecule has 6 heteroatoms. The summed E-state index contributed by atoms with van der Waals surface area (Å²) in [7, 11) is 0. The minimum atomic E-state index is -0.331. The first-order valence-electron chi connectivity index (χ1n) is 9.67. The molecule has 1 aromatic heterocycles. The number of carbonyl (C=O) groups excluding carboxylic acids is 2. The average Bonchev–Trinajstić information content (AvgIpc) is 3.26. The topological polar surface area (TPSA) is 65.6 Å². The zero-order chi connectivity index (χ0) is 18.5. The van der Waals surface area contributed by atoms with Crippen LogP contribution in [0.15, 0.2) is 12.3 Å². The lowest BCUT2D eigenvalue weighted by molar-refractivity contribution is -0.181. The molecule has 3 aliphatic rings. The summed E-state index contributed by atoms with van der Waals surface area (Å²) < 4.78 is 5.39. The summed E-state index contributed by atoms with van der Waals surface area (Å²) in [5, 5.41) is 0. The fourth-order valence-electron chi connectivity index (χ4n) is 4.70. The first-order valence-corrected chi connectivity index (χ1v) is 9.67. The van der Waals surface area contributed by atoms with Gasteiger partial charge in [0.2, 0.25) is 5.91 Å². The Kier molecular flexibility index (Phi) is 4.14. The Morgan fingerprint density at radius 3 is 2.35 bits per heavy atom. The number of amides is 2. The molecular weight excluding hydrogens is 330 g/mol. The Morgan fingerprint density at radius 2 is 1.81 bits per heavy atom. The van der Waals surface area contributed by atoms with Crippen molar-refractivity contribution in [3.05, 3.63) is 23.5 Å². The van der Waals surface area contributed by atoms with Crippen LogP contribution in [-0.2, 0) is 9.53 Å². The lowest BCUT2D eigenvalue weighted by Gasteiger charge is -2.45. The number of ether oxygens (including phenoxy) is 1. The Bertz CT molecular complexity index is 722. The van der Waals surface area contributed by atoms with Crippen molar-refractivity contribution in [3.63, 3.8) is 0 Å². The van der Waals surface area contributed by atoms with Crippen LogP contribution in [0.3, 0.4) is 0 Å². The number of H-pyrrole nitrogens is 1. The van der Waals surface area contributed by atoms with Gasteiger partial charge in [-0.1, -0.05) is 13.8 Å². The molecule has 0 bridgehead atoms. The molecule has 1 spiro atoms. The lowest BCUT2D eigenvalue weighted by Crippen LogP contribution is -2.58. The number of aromatic amines is 1.